The molecule has 0 saturated heterocycles. The van der Waals surface area contributed by atoms with Crippen LogP contribution in [0.25, 0.3) is 0 Å². The molecule has 6 heteroatoms. The van der Waals surface area contributed by atoms with Crippen molar-refractivity contribution in [3.63, 3.8) is 0 Å². The molecule has 1 N–H and O–H groups in total. The summed E-state index contributed by atoms with van der Waals surface area (Å²) in [5.41, 5.74) is 3.35. The van der Waals surface area contributed by atoms with Gasteiger partial charge in [-0.25, -0.2) is 4.79 Å². The number of hydrogen-bond donors (Lipinski definition) is 1. The zero-order valence-electron chi connectivity index (χ0n) is 15.5. The van der Waals surface area contributed by atoms with Crippen molar-refractivity contribution in [1.82, 2.24) is 5.16 Å². The molecule has 0 radical (unpaired) electrons. The molecule has 0 bridgehead atoms. The van der Waals surface area contributed by atoms with Gasteiger partial charge in [0.1, 0.15) is 30.5 Å². The summed E-state index contributed by atoms with van der Waals surface area (Å²) < 4.78 is 16.7. The highest BCUT2D eigenvalue weighted by Crippen LogP contribution is 2.24. The van der Waals surface area contributed by atoms with Crippen molar-refractivity contribution in [1.29, 1.82) is 0 Å². The summed E-state index contributed by atoms with van der Waals surface area (Å²) in [6, 6.07) is 12.6. The minimum Gasteiger partial charge on any atom is -0.489 e. The first-order valence-electron chi connectivity index (χ1n) is 8.55. The average molecular weight is 367 g/mol. The third-order valence-electron chi connectivity index (χ3n) is 4.34. The first-order chi connectivity index (χ1) is 13.0. The number of nitrogens with zero attached hydrogens (tertiary/aromatic N) is 1. The number of benzene rings is 2. The second-order valence-electron chi connectivity index (χ2n) is 6.27. The van der Waals surface area contributed by atoms with Crippen LogP contribution in [0.5, 0.6) is 11.5 Å². The zero-order valence-corrected chi connectivity index (χ0v) is 15.5. The number of aromatic carboxylic acids is 1. The lowest BCUT2D eigenvalue weighted by Crippen LogP contribution is -2.08. The van der Waals surface area contributed by atoms with Crippen molar-refractivity contribution in [2.45, 2.75) is 34.0 Å². The van der Waals surface area contributed by atoms with E-state index >= 15 is 0 Å². The van der Waals surface area contributed by atoms with Crippen LogP contribution in [0.2, 0.25) is 0 Å². The highest BCUT2D eigenvalue weighted by atomic mass is 16.5. The SMILES string of the molecule is Cc1cccc(COc2cccc(OCc3c(C)noc3C)c2)c1C(=O)O. The van der Waals surface area contributed by atoms with Gasteiger partial charge in [0.25, 0.3) is 0 Å². The summed E-state index contributed by atoms with van der Waals surface area (Å²) in [5.74, 6) is 1.03. The maximum absolute atomic E-state index is 11.5. The molecule has 0 unspecified atom stereocenters. The summed E-state index contributed by atoms with van der Waals surface area (Å²) in [7, 11) is 0. The van der Waals surface area contributed by atoms with Gasteiger partial charge in [-0.1, -0.05) is 29.4 Å². The van der Waals surface area contributed by atoms with E-state index in [1.807, 2.05) is 32.0 Å². The maximum Gasteiger partial charge on any atom is 0.336 e. The van der Waals surface area contributed by atoms with E-state index in [9.17, 15) is 9.90 Å². The van der Waals surface area contributed by atoms with Crippen LogP contribution in [-0.2, 0) is 13.2 Å². The Labute approximate surface area is 157 Å². The van der Waals surface area contributed by atoms with E-state index in [0.717, 1.165) is 17.0 Å². The molecule has 3 aromatic rings. The molecule has 1 aromatic heterocycles. The number of carboxylic acid groups (broad SMARTS) is 1. The molecule has 0 amide bonds. The van der Waals surface area contributed by atoms with E-state index in [0.29, 0.717) is 29.2 Å². The molecule has 0 aliphatic rings. The molecule has 0 fully saturated rings. The monoisotopic (exact) mass is 367 g/mol. The molecular formula is C21H21NO5. The number of aryl methyl sites for hydroxylation is 3. The minimum absolute atomic E-state index is 0.163. The molecule has 0 aliphatic heterocycles. The van der Waals surface area contributed by atoms with Crippen molar-refractivity contribution in [3.8, 4) is 11.5 Å². The summed E-state index contributed by atoms with van der Waals surface area (Å²) >= 11 is 0. The second-order valence-corrected chi connectivity index (χ2v) is 6.27. The van der Waals surface area contributed by atoms with E-state index < -0.39 is 5.97 Å². The maximum atomic E-state index is 11.5. The summed E-state index contributed by atoms with van der Waals surface area (Å²) in [6.45, 7) is 6.01. The van der Waals surface area contributed by atoms with Crippen LogP contribution in [0.3, 0.4) is 0 Å². The van der Waals surface area contributed by atoms with Gasteiger partial charge in [-0.05, 0) is 38.5 Å². The van der Waals surface area contributed by atoms with E-state index in [1.54, 1.807) is 31.2 Å². The normalized spacial score (nSPS) is 10.6. The average Bonchev–Trinajstić information content (AvgIpc) is 2.96. The Hall–Kier alpha value is -3.28. The minimum atomic E-state index is -0.955. The van der Waals surface area contributed by atoms with Crippen molar-refractivity contribution in [2.24, 2.45) is 0 Å². The topological polar surface area (TPSA) is 81.8 Å². The van der Waals surface area contributed by atoms with E-state index in [4.69, 9.17) is 14.0 Å². The van der Waals surface area contributed by atoms with Crippen LogP contribution < -0.4 is 9.47 Å². The highest BCUT2D eigenvalue weighted by molar-refractivity contribution is 5.91. The fourth-order valence-corrected chi connectivity index (χ4v) is 2.83. The molecule has 0 saturated carbocycles. The van der Waals surface area contributed by atoms with Gasteiger partial charge in [0.15, 0.2) is 0 Å². The second kappa shape index (κ2) is 7.95. The molecule has 2 aromatic carbocycles. The van der Waals surface area contributed by atoms with Crippen molar-refractivity contribution < 1.29 is 23.9 Å². The molecule has 0 spiro atoms. The van der Waals surface area contributed by atoms with Crippen LogP contribution in [-0.4, -0.2) is 16.2 Å². The van der Waals surface area contributed by atoms with Crippen molar-refractivity contribution >= 4 is 5.97 Å². The Bertz CT molecular complexity index is 941. The summed E-state index contributed by atoms with van der Waals surface area (Å²) in [6.07, 6.45) is 0. The fourth-order valence-electron chi connectivity index (χ4n) is 2.83. The van der Waals surface area contributed by atoms with Crippen LogP contribution in [0.4, 0.5) is 0 Å². The molecule has 140 valence electrons. The molecule has 0 aliphatic carbocycles. The third-order valence-corrected chi connectivity index (χ3v) is 4.34. The molecule has 3 rings (SSSR count). The Balaban J connectivity index is 1.68. The lowest BCUT2D eigenvalue weighted by molar-refractivity contribution is 0.0693. The molecule has 27 heavy (non-hydrogen) atoms. The number of ether oxygens (including phenoxy) is 2. The quantitative estimate of drug-likeness (QED) is 0.664. The number of hydrogen-bond acceptors (Lipinski definition) is 5. The van der Waals surface area contributed by atoms with Gasteiger partial charge < -0.3 is 19.1 Å². The zero-order chi connectivity index (χ0) is 19.4. The van der Waals surface area contributed by atoms with Gasteiger partial charge in [0, 0.05) is 11.6 Å². The van der Waals surface area contributed by atoms with Crippen LogP contribution >= 0.6 is 0 Å². The fraction of sp³-hybridized carbons (Fsp3) is 0.238. The largest absolute Gasteiger partial charge is 0.489 e. The number of carbonyl (C=O) groups is 1. The Kier molecular flexibility index (Phi) is 5.45. The van der Waals surface area contributed by atoms with Gasteiger partial charge in [0.05, 0.1) is 16.8 Å². The molecule has 0 atom stereocenters. The van der Waals surface area contributed by atoms with Gasteiger partial charge in [-0.15, -0.1) is 0 Å². The Morgan fingerprint density at radius 3 is 2.33 bits per heavy atom. The van der Waals surface area contributed by atoms with E-state index in [-0.39, 0.29) is 12.2 Å². The van der Waals surface area contributed by atoms with Gasteiger partial charge in [-0.3, -0.25) is 0 Å². The lowest BCUT2D eigenvalue weighted by Gasteiger charge is -2.12. The van der Waals surface area contributed by atoms with Crippen molar-refractivity contribution in [2.75, 3.05) is 0 Å². The number of rotatable bonds is 7. The standard InChI is InChI=1S/C21H21NO5/c1-13-6-4-7-16(20(13)21(23)24)11-25-17-8-5-9-18(10-17)26-12-19-14(2)22-27-15(19)3/h4-10H,11-12H2,1-3H3,(H,23,24). The molecular weight excluding hydrogens is 346 g/mol. The number of carboxylic acids is 1. The highest BCUT2D eigenvalue weighted by Gasteiger charge is 2.13. The number of aromatic nitrogens is 1. The van der Waals surface area contributed by atoms with Crippen LogP contribution in [0.15, 0.2) is 47.0 Å². The Morgan fingerprint density at radius 1 is 1.04 bits per heavy atom. The van der Waals surface area contributed by atoms with E-state index in [1.165, 1.54) is 0 Å². The first kappa shape index (κ1) is 18.5. The smallest absolute Gasteiger partial charge is 0.336 e. The summed E-state index contributed by atoms with van der Waals surface area (Å²) in [5, 5.41) is 13.3. The predicted octanol–water partition coefficient (Wildman–Crippen LogP) is 4.46. The van der Waals surface area contributed by atoms with Crippen molar-refractivity contribution in [3.05, 3.63) is 76.2 Å². The Morgan fingerprint density at radius 2 is 1.70 bits per heavy atom. The lowest BCUT2D eigenvalue weighted by atomic mass is 10.0. The van der Waals surface area contributed by atoms with Gasteiger partial charge in [-0.2, -0.15) is 0 Å². The first-order valence-corrected chi connectivity index (χ1v) is 8.55. The summed E-state index contributed by atoms with van der Waals surface area (Å²) in [4.78, 5) is 11.5. The van der Waals surface area contributed by atoms with Gasteiger partial charge in [0.2, 0.25) is 0 Å². The van der Waals surface area contributed by atoms with E-state index in [2.05, 4.69) is 5.16 Å². The van der Waals surface area contributed by atoms with Crippen LogP contribution in [0, 0.1) is 20.8 Å². The third kappa shape index (κ3) is 4.28. The predicted molar refractivity (Wildman–Crippen MR) is 99.2 cm³/mol. The van der Waals surface area contributed by atoms with Crippen LogP contribution in [0.1, 0.15) is 38.5 Å². The molecule has 6 nitrogen and oxygen atoms in total. The molecule has 1 heterocycles. The van der Waals surface area contributed by atoms with Gasteiger partial charge >= 0.3 is 5.97 Å².